The van der Waals surface area contributed by atoms with Crippen LogP contribution in [0, 0.1) is 5.41 Å². The fraction of sp³-hybridized carbons (Fsp3) is 0.500. The van der Waals surface area contributed by atoms with Crippen LogP contribution >= 0.6 is 11.6 Å². The first-order valence-electron chi connectivity index (χ1n) is 10.4. The van der Waals surface area contributed by atoms with Crippen LogP contribution in [0.5, 0.6) is 0 Å². The van der Waals surface area contributed by atoms with Crippen molar-refractivity contribution in [1.82, 2.24) is 14.5 Å². The Kier molecular flexibility index (Phi) is 4.51. The van der Waals surface area contributed by atoms with Crippen molar-refractivity contribution in [2.45, 2.75) is 57.6 Å². The smallest absolute Gasteiger partial charge is 0.260 e. The van der Waals surface area contributed by atoms with E-state index in [2.05, 4.69) is 17.2 Å². The highest BCUT2D eigenvalue weighted by Crippen LogP contribution is 2.60. The summed E-state index contributed by atoms with van der Waals surface area (Å²) in [5.41, 5.74) is 0.834. The molecule has 1 spiro atoms. The van der Waals surface area contributed by atoms with Crippen molar-refractivity contribution < 1.29 is 5.11 Å². The molecule has 6 nitrogen and oxygen atoms in total. The maximum atomic E-state index is 13.5. The SMILES string of the molecule is CCCCNc1ncc2c3ccc(Cl)cc3c(=O)n(C3CC4(CC(O)C4)C3)c2n1. The normalized spacial score (nSPS) is 25.9. The molecule has 0 radical (unpaired) electrons. The largest absolute Gasteiger partial charge is 0.393 e. The van der Waals surface area contributed by atoms with E-state index < -0.39 is 0 Å². The van der Waals surface area contributed by atoms with Crippen molar-refractivity contribution in [3.63, 3.8) is 0 Å². The fourth-order valence-electron chi connectivity index (χ4n) is 5.10. The predicted molar refractivity (Wildman–Crippen MR) is 116 cm³/mol. The minimum absolute atomic E-state index is 0.0482. The average Bonchev–Trinajstić information content (AvgIpc) is 2.65. The van der Waals surface area contributed by atoms with Crippen molar-refractivity contribution in [3.05, 3.63) is 39.8 Å². The lowest BCUT2D eigenvalue weighted by Gasteiger charge is -2.56. The molecule has 0 saturated heterocycles. The first kappa shape index (κ1) is 18.8. The van der Waals surface area contributed by atoms with E-state index in [1.54, 1.807) is 12.1 Å². The molecule has 0 atom stereocenters. The van der Waals surface area contributed by atoms with Gasteiger partial charge < -0.3 is 10.4 Å². The Bertz CT molecular complexity index is 1140. The van der Waals surface area contributed by atoms with Gasteiger partial charge in [-0.15, -0.1) is 0 Å². The van der Waals surface area contributed by atoms with Crippen molar-refractivity contribution in [2.75, 3.05) is 11.9 Å². The lowest BCUT2D eigenvalue weighted by Crippen LogP contribution is -2.51. The third kappa shape index (κ3) is 3.09. The molecule has 2 fully saturated rings. The maximum absolute atomic E-state index is 13.5. The van der Waals surface area contributed by atoms with Crippen molar-refractivity contribution in [3.8, 4) is 0 Å². The number of hydrogen-bond donors (Lipinski definition) is 2. The topological polar surface area (TPSA) is 80.0 Å². The van der Waals surface area contributed by atoms with E-state index in [-0.39, 0.29) is 23.1 Å². The number of rotatable bonds is 5. The van der Waals surface area contributed by atoms with E-state index >= 15 is 0 Å². The summed E-state index contributed by atoms with van der Waals surface area (Å²) in [5, 5.41) is 15.9. The number of hydrogen-bond acceptors (Lipinski definition) is 5. The van der Waals surface area contributed by atoms with Crippen molar-refractivity contribution in [1.29, 1.82) is 0 Å². The summed E-state index contributed by atoms with van der Waals surface area (Å²) in [6.45, 7) is 2.95. The molecule has 0 aliphatic heterocycles. The molecule has 0 amide bonds. The molecule has 152 valence electrons. The van der Waals surface area contributed by atoms with Gasteiger partial charge in [0.05, 0.1) is 6.10 Å². The van der Waals surface area contributed by atoms with Gasteiger partial charge in [0.2, 0.25) is 5.95 Å². The van der Waals surface area contributed by atoms with Gasteiger partial charge in [-0.2, -0.15) is 4.98 Å². The molecular weight excluding hydrogens is 388 g/mol. The number of aliphatic hydroxyl groups is 1. The minimum atomic E-state index is -0.184. The molecular formula is C22H25ClN4O2. The minimum Gasteiger partial charge on any atom is -0.393 e. The third-order valence-corrected chi connectivity index (χ3v) is 6.81. The number of halogens is 1. The summed E-state index contributed by atoms with van der Waals surface area (Å²) >= 11 is 6.19. The Balaban J connectivity index is 1.64. The van der Waals surface area contributed by atoms with Gasteiger partial charge in [0, 0.05) is 34.6 Å². The van der Waals surface area contributed by atoms with Crippen LogP contribution in [0.15, 0.2) is 29.2 Å². The molecule has 2 aliphatic carbocycles. The zero-order chi connectivity index (χ0) is 20.2. The van der Waals surface area contributed by atoms with E-state index in [4.69, 9.17) is 16.6 Å². The zero-order valence-electron chi connectivity index (χ0n) is 16.5. The first-order chi connectivity index (χ1) is 14.0. The summed E-state index contributed by atoms with van der Waals surface area (Å²) in [7, 11) is 0. The molecule has 2 saturated carbocycles. The van der Waals surface area contributed by atoms with Crippen LogP contribution in [-0.2, 0) is 0 Å². The molecule has 0 unspecified atom stereocenters. The number of nitrogens with zero attached hydrogens (tertiary/aromatic N) is 3. The Labute approximate surface area is 173 Å². The molecule has 2 heterocycles. The number of aromatic nitrogens is 3. The fourth-order valence-corrected chi connectivity index (χ4v) is 5.27. The number of aliphatic hydroxyl groups excluding tert-OH is 1. The van der Waals surface area contributed by atoms with Crippen molar-refractivity contribution >= 4 is 39.4 Å². The summed E-state index contributed by atoms with van der Waals surface area (Å²) in [6.07, 6.45) is 7.26. The Hall–Kier alpha value is -2.18. The van der Waals surface area contributed by atoms with E-state index in [0.29, 0.717) is 22.0 Å². The van der Waals surface area contributed by atoms with Crippen LogP contribution in [0.25, 0.3) is 21.8 Å². The number of pyridine rings is 1. The molecule has 0 bridgehead atoms. The van der Waals surface area contributed by atoms with Gasteiger partial charge in [-0.1, -0.05) is 31.0 Å². The molecule has 2 aromatic heterocycles. The summed E-state index contributed by atoms with van der Waals surface area (Å²) < 4.78 is 1.84. The molecule has 29 heavy (non-hydrogen) atoms. The van der Waals surface area contributed by atoms with Gasteiger partial charge in [0.1, 0.15) is 5.65 Å². The highest BCUT2D eigenvalue weighted by atomic mass is 35.5. The Morgan fingerprint density at radius 2 is 2.03 bits per heavy atom. The van der Waals surface area contributed by atoms with E-state index in [0.717, 1.165) is 55.8 Å². The van der Waals surface area contributed by atoms with Gasteiger partial charge in [-0.25, -0.2) is 4.98 Å². The van der Waals surface area contributed by atoms with Crippen LogP contribution in [0.2, 0.25) is 5.02 Å². The summed E-state index contributed by atoms with van der Waals surface area (Å²) in [4.78, 5) is 22.7. The second-order valence-electron chi connectivity index (χ2n) is 8.70. The highest BCUT2D eigenvalue weighted by molar-refractivity contribution is 6.31. The standard InChI is InChI=1S/C22H25ClN4O2/c1-2-3-6-24-21-25-12-18-16-5-4-13(23)7-17(16)20(29)27(19(18)26-21)14-8-22(9-14)10-15(28)11-22/h4-5,7,12,14-15,28H,2-3,6,8-11H2,1H3,(H,24,25,26). The molecule has 7 heteroatoms. The number of anilines is 1. The molecule has 1 aromatic carbocycles. The summed E-state index contributed by atoms with van der Waals surface area (Å²) in [5.74, 6) is 0.556. The first-order valence-corrected chi connectivity index (χ1v) is 10.8. The van der Waals surface area contributed by atoms with Crippen molar-refractivity contribution in [2.24, 2.45) is 5.41 Å². The molecule has 2 N–H and O–H groups in total. The molecule has 2 aliphatic rings. The number of nitrogens with one attached hydrogen (secondary N) is 1. The van der Waals surface area contributed by atoms with Gasteiger partial charge in [-0.3, -0.25) is 9.36 Å². The van der Waals surface area contributed by atoms with Gasteiger partial charge in [-0.05, 0) is 55.0 Å². The van der Waals surface area contributed by atoms with E-state index in [9.17, 15) is 9.90 Å². The number of fused-ring (bicyclic) bond motifs is 3. The molecule has 5 rings (SSSR count). The predicted octanol–water partition coefficient (Wildman–Crippen LogP) is 4.29. The van der Waals surface area contributed by atoms with Crippen LogP contribution in [0.3, 0.4) is 0 Å². The van der Waals surface area contributed by atoms with Crippen LogP contribution in [0.4, 0.5) is 5.95 Å². The van der Waals surface area contributed by atoms with Crippen LogP contribution in [0.1, 0.15) is 51.5 Å². The monoisotopic (exact) mass is 412 g/mol. The average molecular weight is 413 g/mol. The highest BCUT2D eigenvalue weighted by Gasteiger charge is 2.53. The van der Waals surface area contributed by atoms with E-state index in [1.165, 1.54) is 0 Å². The number of unbranched alkanes of at least 4 members (excludes halogenated alkanes) is 1. The second-order valence-corrected chi connectivity index (χ2v) is 9.14. The van der Waals surface area contributed by atoms with Gasteiger partial charge >= 0.3 is 0 Å². The Morgan fingerprint density at radius 3 is 2.76 bits per heavy atom. The third-order valence-electron chi connectivity index (χ3n) is 6.57. The zero-order valence-corrected chi connectivity index (χ0v) is 17.2. The number of benzene rings is 1. The van der Waals surface area contributed by atoms with Crippen LogP contribution < -0.4 is 10.9 Å². The van der Waals surface area contributed by atoms with Gasteiger partial charge in [0.15, 0.2) is 0 Å². The summed E-state index contributed by atoms with van der Waals surface area (Å²) in [6, 6.07) is 5.52. The van der Waals surface area contributed by atoms with Gasteiger partial charge in [0.25, 0.3) is 5.56 Å². The quantitative estimate of drug-likeness (QED) is 0.482. The lowest BCUT2D eigenvalue weighted by atomic mass is 9.53. The van der Waals surface area contributed by atoms with Crippen LogP contribution in [-0.4, -0.2) is 32.3 Å². The van der Waals surface area contributed by atoms with E-state index in [1.807, 2.05) is 16.8 Å². The molecule has 3 aromatic rings. The maximum Gasteiger partial charge on any atom is 0.260 e. The lowest BCUT2D eigenvalue weighted by molar-refractivity contribution is -0.105. The second kappa shape index (κ2) is 6.96. The Morgan fingerprint density at radius 1 is 1.24 bits per heavy atom.